The van der Waals surface area contributed by atoms with Crippen LogP contribution in [0.1, 0.15) is 34.1 Å². The van der Waals surface area contributed by atoms with Gasteiger partial charge < -0.3 is 24.8 Å². The molecule has 0 saturated heterocycles. The molecule has 4 heteroatoms. The summed E-state index contributed by atoms with van der Waals surface area (Å²) in [5.74, 6) is -0.503. The summed E-state index contributed by atoms with van der Waals surface area (Å²) in [5, 5.41) is 0. The van der Waals surface area contributed by atoms with Crippen LogP contribution in [0.15, 0.2) is 43.8 Å². The Morgan fingerprint density at radius 1 is 1.00 bits per heavy atom. The predicted molar refractivity (Wildman–Crippen MR) is 81.2 cm³/mol. The molecule has 2 aliphatic carbocycles. The maximum Gasteiger partial charge on any atom is -1.00 e. The van der Waals surface area contributed by atoms with Crippen molar-refractivity contribution in [1.82, 2.24) is 0 Å². The minimum absolute atomic E-state index is 0. The Morgan fingerprint density at radius 2 is 1.50 bits per heavy atom. The predicted octanol–water partition coefficient (Wildman–Crippen LogP) is -1.09. The molecule has 0 nitrogen and oxygen atoms in total. The molecular formula is C16H25Cl2SiZr. The van der Waals surface area contributed by atoms with Crippen LogP contribution in [0, 0.1) is 0 Å². The second kappa shape index (κ2) is 8.32. The molecule has 0 N–H and O–H groups in total. The van der Waals surface area contributed by atoms with Crippen molar-refractivity contribution < 1.29 is 45.7 Å². The van der Waals surface area contributed by atoms with E-state index < -0.39 is 26.8 Å². The van der Waals surface area contributed by atoms with E-state index in [-0.39, 0.29) is 24.8 Å². The van der Waals surface area contributed by atoms with Gasteiger partial charge in [0.05, 0.1) is 0 Å². The molecule has 0 heterocycles. The van der Waals surface area contributed by atoms with Gasteiger partial charge in [0.1, 0.15) is 0 Å². The van der Waals surface area contributed by atoms with E-state index in [0.717, 1.165) is 3.63 Å². The van der Waals surface area contributed by atoms with E-state index in [0.29, 0.717) is 0 Å². The standard InChI is InChI=1S/C9H13.C5H5.C2H7Si.2ClH.Zr/c1-6-5-7(2)9(4)8(6)3;1-2-4-5-3-1;1-3-2;;;/h5H,1-4H3;1-3H,4H2;3H,1-2H3;2*1H;/q;;;;;+2/p-2. The zero-order valence-corrected chi connectivity index (χ0v) is 18.5. The van der Waals surface area contributed by atoms with Crippen molar-refractivity contribution in [2.45, 2.75) is 50.8 Å². The molecule has 111 valence electrons. The van der Waals surface area contributed by atoms with E-state index in [1.165, 1.54) is 6.42 Å². The quantitative estimate of drug-likeness (QED) is 0.522. The van der Waals surface area contributed by atoms with E-state index >= 15 is 0 Å². The van der Waals surface area contributed by atoms with E-state index in [4.69, 9.17) is 0 Å². The first-order chi connectivity index (χ1) is 8.45. The van der Waals surface area contributed by atoms with Gasteiger partial charge >= 0.3 is 121 Å². The fraction of sp³-hybridized carbons (Fsp3) is 0.500. The average molecular weight is 408 g/mol. The van der Waals surface area contributed by atoms with Crippen molar-refractivity contribution in [1.29, 1.82) is 0 Å². The van der Waals surface area contributed by atoms with Crippen LogP contribution in [0.5, 0.6) is 0 Å². The van der Waals surface area contributed by atoms with Gasteiger partial charge in [-0.25, -0.2) is 0 Å². The van der Waals surface area contributed by atoms with Crippen LogP contribution >= 0.6 is 0 Å². The van der Waals surface area contributed by atoms with Crippen molar-refractivity contribution in [3.8, 4) is 0 Å². The molecule has 0 saturated carbocycles. The normalized spacial score (nSPS) is 18.4. The fourth-order valence-corrected chi connectivity index (χ4v) is 25.2. The van der Waals surface area contributed by atoms with Crippen molar-refractivity contribution in [2.24, 2.45) is 0 Å². The maximum absolute atomic E-state index is 2.59. The molecule has 2 aliphatic rings. The topological polar surface area (TPSA) is 0 Å². The van der Waals surface area contributed by atoms with Crippen LogP contribution in [0.4, 0.5) is 0 Å². The van der Waals surface area contributed by atoms with E-state index in [9.17, 15) is 0 Å². The molecule has 0 spiro atoms. The Bertz CT molecular complexity index is 463. The molecule has 0 fully saturated rings. The molecule has 0 aromatic rings. The Balaban J connectivity index is 0.00000180. The second-order valence-corrected chi connectivity index (χ2v) is 25.7. The monoisotopic (exact) mass is 405 g/mol. The van der Waals surface area contributed by atoms with Crippen LogP contribution in [-0.2, 0) is 20.9 Å². The van der Waals surface area contributed by atoms with Crippen molar-refractivity contribution >= 4 is 5.92 Å². The smallest absolute Gasteiger partial charge is 1.00 e. The van der Waals surface area contributed by atoms with Crippen LogP contribution in [0.3, 0.4) is 0 Å². The van der Waals surface area contributed by atoms with Gasteiger partial charge in [-0.2, -0.15) is 0 Å². The molecule has 2 rings (SSSR count). The second-order valence-electron chi connectivity index (χ2n) is 5.98. The molecule has 0 radical (unpaired) electrons. The summed E-state index contributed by atoms with van der Waals surface area (Å²) in [7, 11) is 0. The average Bonchev–Trinajstić information content (AvgIpc) is 2.89. The van der Waals surface area contributed by atoms with Gasteiger partial charge in [0.15, 0.2) is 0 Å². The maximum atomic E-state index is 2.59. The number of halogens is 2. The van der Waals surface area contributed by atoms with Gasteiger partial charge in [-0.05, 0) is 0 Å². The SMILES string of the molecule is CC1=C(C)[CH]([Zr+2]([C]2=CC=CC2)[SiH](C)C)C(C)=C1C.[Cl-].[Cl-]. The van der Waals surface area contributed by atoms with E-state index in [2.05, 4.69) is 59.0 Å². The van der Waals surface area contributed by atoms with Crippen LogP contribution < -0.4 is 24.8 Å². The third-order valence-electron chi connectivity index (χ3n) is 4.69. The summed E-state index contributed by atoms with van der Waals surface area (Å²) in [5.41, 5.74) is 6.62. The minimum Gasteiger partial charge on any atom is -1.00 e. The molecule has 0 unspecified atom stereocenters. The first-order valence-corrected chi connectivity index (χ1v) is 16.8. The van der Waals surface area contributed by atoms with Crippen molar-refractivity contribution in [2.75, 3.05) is 0 Å². The molecule has 0 aromatic carbocycles. The first-order valence-electron chi connectivity index (χ1n) is 7.03. The summed E-state index contributed by atoms with van der Waals surface area (Å²) in [6, 6.07) is 0. The van der Waals surface area contributed by atoms with Gasteiger partial charge in [-0.1, -0.05) is 0 Å². The summed E-state index contributed by atoms with van der Waals surface area (Å²) in [6.45, 7) is 14.7. The summed E-state index contributed by atoms with van der Waals surface area (Å²) >= 11 is -1.45. The van der Waals surface area contributed by atoms with E-state index in [1.54, 1.807) is 22.3 Å². The number of allylic oxidation sites excluding steroid dienone is 8. The molecule has 20 heavy (non-hydrogen) atoms. The molecule has 0 aromatic heterocycles. The van der Waals surface area contributed by atoms with Crippen LogP contribution in [0.2, 0.25) is 16.7 Å². The van der Waals surface area contributed by atoms with Gasteiger partial charge in [0.2, 0.25) is 0 Å². The van der Waals surface area contributed by atoms with Crippen LogP contribution in [-0.4, -0.2) is 5.92 Å². The van der Waals surface area contributed by atoms with Gasteiger partial charge in [-0.3, -0.25) is 0 Å². The molecule has 0 atom stereocenters. The minimum atomic E-state index is -1.45. The molecule has 0 aliphatic heterocycles. The van der Waals surface area contributed by atoms with Gasteiger partial charge in [0, 0.05) is 0 Å². The zero-order valence-electron chi connectivity index (χ0n) is 13.3. The van der Waals surface area contributed by atoms with Gasteiger partial charge in [-0.15, -0.1) is 0 Å². The van der Waals surface area contributed by atoms with Crippen molar-refractivity contribution in [3.63, 3.8) is 0 Å². The number of hydrogen-bond acceptors (Lipinski definition) is 0. The summed E-state index contributed by atoms with van der Waals surface area (Å²) < 4.78 is 2.77. The van der Waals surface area contributed by atoms with Crippen LogP contribution in [0.25, 0.3) is 0 Å². The molecular weight excluding hydrogens is 382 g/mol. The van der Waals surface area contributed by atoms with Crippen molar-refractivity contribution in [3.05, 3.63) is 43.8 Å². The van der Waals surface area contributed by atoms with Gasteiger partial charge in [0.25, 0.3) is 0 Å². The zero-order chi connectivity index (χ0) is 13.4. The largest absolute Gasteiger partial charge is 1.00 e. The summed E-state index contributed by atoms with van der Waals surface area (Å²) in [4.78, 5) is 0. The molecule has 0 bridgehead atoms. The number of hydrogen-bond donors (Lipinski definition) is 0. The Morgan fingerprint density at radius 3 is 1.85 bits per heavy atom. The van der Waals surface area contributed by atoms with E-state index in [1.807, 2.05) is 3.28 Å². The first kappa shape index (κ1) is 20.6. The Hall–Kier alpha value is 0.640. The number of rotatable bonds is 3. The fourth-order valence-electron chi connectivity index (χ4n) is 3.37. The Labute approximate surface area is 145 Å². The summed E-state index contributed by atoms with van der Waals surface area (Å²) in [6.07, 6.45) is 8.39. The molecule has 0 amide bonds. The Kier molecular flexibility index (Phi) is 8.59. The third-order valence-corrected chi connectivity index (χ3v) is 25.7. The third kappa shape index (κ3) is 3.69.